The van der Waals surface area contributed by atoms with E-state index in [-0.39, 0.29) is 0 Å². The summed E-state index contributed by atoms with van der Waals surface area (Å²) in [7, 11) is 0. The Morgan fingerprint density at radius 3 is 2.44 bits per heavy atom. The Labute approximate surface area is 189 Å². The second-order valence-corrected chi connectivity index (χ2v) is 7.37. The molecule has 0 aromatic heterocycles. The molecule has 158 valence electrons. The number of carbonyl (C=O) groups is 1. The van der Waals surface area contributed by atoms with Crippen LogP contribution in [0.3, 0.4) is 0 Å². The number of hydrogen-bond acceptors (Lipinski definition) is 4. The number of nitrogens with zero attached hydrogens (tertiary/aromatic N) is 2. The standard InChI is InChI=1S/C28H24N2O2/c1-21-13-16-28(32-18-7-3-6-17-29)27(20-31)24(21)15-14-23-11-8-12-25(26(23)19-30)22-9-4-2-5-10-22/h2,4-5,8-16,20H,3,6-7,18H2,1H3/b15-14+. The van der Waals surface area contributed by atoms with Gasteiger partial charge in [0.25, 0.3) is 0 Å². The largest absolute Gasteiger partial charge is 0.493 e. The van der Waals surface area contributed by atoms with Crippen LogP contribution >= 0.6 is 0 Å². The molecule has 0 atom stereocenters. The highest BCUT2D eigenvalue weighted by Gasteiger charge is 2.12. The van der Waals surface area contributed by atoms with Gasteiger partial charge in [0.1, 0.15) is 11.8 Å². The number of aldehydes is 1. The van der Waals surface area contributed by atoms with E-state index in [1.54, 1.807) is 6.07 Å². The van der Waals surface area contributed by atoms with Crippen LogP contribution in [0.2, 0.25) is 0 Å². The van der Waals surface area contributed by atoms with E-state index in [0.29, 0.717) is 29.9 Å². The molecule has 0 aliphatic heterocycles. The summed E-state index contributed by atoms with van der Waals surface area (Å²) >= 11 is 0. The number of carbonyl (C=O) groups excluding carboxylic acids is 1. The minimum Gasteiger partial charge on any atom is -0.493 e. The molecule has 0 unspecified atom stereocenters. The summed E-state index contributed by atoms with van der Waals surface area (Å²) in [5.41, 5.74) is 5.42. The van der Waals surface area contributed by atoms with Gasteiger partial charge in [-0.25, -0.2) is 0 Å². The lowest BCUT2D eigenvalue weighted by molar-refractivity contribution is 0.111. The highest BCUT2D eigenvalue weighted by Crippen LogP contribution is 2.29. The maximum atomic E-state index is 11.9. The first-order valence-electron chi connectivity index (χ1n) is 10.5. The zero-order valence-electron chi connectivity index (χ0n) is 18.0. The van der Waals surface area contributed by atoms with Gasteiger partial charge in [0.05, 0.1) is 23.8 Å². The van der Waals surface area contributed by atoms with Crippen molar-refractivity contribution in [3.05, 3.63) is 88.5 Å². The second-order valence-electron chi connectivity index (χ2n) is 7.37. The minimum absolute atomic E-state index is 0.451. The summed E-state index contributed by atoms with van der Waals surface area (Å²) in [6, 6.07) is 23.7. The fourth-order valence-electron chi connectivity index (χ4n) is 3.55. The Balaban J connectivity index is 1.93. The van der Waals surface area contributed by atoms with Crippen LogP contribution in [-0.2, 0) is 0 Å². The fraction of sp³-hybridized carbons (Fsp3) is 0.179. The van der Waals surface area contributed by atoms with Crippen LogP contribution in [-0.4, -0.2) is 12.9 Å². The highest BCUT2D eigenvalue weighted by atomic mass is 16.5. The third-order valence-corrected chi connectivity index (χ3v) is 5.25. The SMILES string of the molecule is Cc1ccc(OCCCCC#N)c(C=O)c1/C=C/c1cccc(-c2ccccc2)c1C#N. The van der Waals surface area contributed by atoms with Gasteiger partial charge in [0.15, 0.2) is 6.29 Å². The minimum atomic E-state index is 0.451. The number of unbranched alkanes of at least 4 members (excludes halogenated alkanes) is 2. The van der Waals surface area contributed by atoms with Gasteiger partial charge in [-0.1, -0.05) is 66.7 Å². The third-order valence-electron chi connectivity index (χ3n) is 5.25. The summed E-state index contributed by atoms with van der Waals surface area (Å²) in [6.45, 7) is 2.39. The molecule has 3 aromatic rings. The number of benzene rings is 3. The first kappa shape index (κ1) is 22.5. The van der Waals surface area contributed by atoms with E-state index in [9.17, 15) is 10.1 Å². The van der Waals surface area contributed by atoms with Crippen LogP contribution in [0.25, 0.3) is 23.3 Å². The van der Waals surface area contributed by atoms with E-state index in [1.807, 2.05) is 73.7 Å². The van der Waals surface area contributed by atoms with Crippen LogP contribution in [0.5, 0.6) is 5.75 Å². The Bertz CT molecular complexity index is 1200. The van der Waals surface area contributed by atoms with Gasteiger partial charge >= 0.3 is 0 Å². The number of nitriles is 2. The van der Waals surface area contributed by atoms with Crippen LogP contribution < -0.4 is 4.74 Å². The number of hydrogen-bond donors (Lipinski definition) is 0. The molecule has 0 bridgehead atoms. The fourth-order valence-corrected chi connectivity index (χ4v) is 3.55. The monoisotopic (exact) mass is 420 g/mol. The van der Waals surface area contributed by atoms with Crippen LogP contribution in [0, 0.1) is 29.6 Å². The molecule has 32 heavy (non-hydrogen) atoms. The molecule has 0 N–H and O–H groups in total. The summed E-state index contributed by atoms with van der Waals surface area (Å²) in [5, 5.41) is 18.5. The van der Waals surface area contributed by atoms with Crippen molar-refractivity contribution in [1.82, 2.24) is 0 Å². The maximum Gasteiger partial charge on any atom is 0.154 e. The lowest BCUT2D eigenvalue weighted by atomic mass is 9.94. The molecule has 0 fully saturated rings. The topological polar surface area (TPSA) is 73.9 Å². The molecule has 0 saturated carbocycles. The lowest BCUT2D eigenvalue weighted by Crippen LogP contribution is -2.02. The van der Waals surface area contributed by atoms with Crippen LogP contribution in [0.4, 0.5) is 0 Å². The number of rotatable bonds is 9. The van der Waals surface area contributed by atoms with E-state index < -0.39 is 0 Å². The molecule has 0 radical (unpaired) electrons. The van der Waals surface area contributed by atoms with Crippen molar-refractivity contribution in [2.45, 2.75) is 26.2 Å². The van der Waals surface area contributed by atoms with Crippen molar-refractivity contribution >= 4 is 18.4 Å². The van der Waals surface area contributed by atoms with E-state index in [4.69, 9.17) is 10.00 Å². The van der Waals surface area contributed by atoms with Crippen LogP contribution in [0.1, 0.15) is 51.9 Å². The summed E-state index contributed by atoms with van der Waals surface area (Å²) in [4.78, 5) is 11.9. The first-order chi connectivity index (χ1) is 15.7. The van der Waals surface area contributed by atoms with Crippen LogP contribution in [0.15, 0.2) is 60.7 Å². The lowest BCUT2D eigenvalue weighted by Gasteiger charge is -2.12. The molecular weight excluding hydrogens is 396 g/mol. The van der Waals surface area contributed by atoms with Gasteiger partial charge in [-0.05, 0) is 48.1 Å². The Morgan fingerprint density at radius 1 is 0.906 bits per heavy atom. The molecule has 4 nitrogen and oxygen atoms in total. The van der Waals surface area contributed by atoms with Gasteiger partial charge in [-0.15, -0.1) is 0 Å². The summed E-state index contributed by atoms with van der Waals surface area (Å²) in [6.07, 6.45) is 6.56. The Hall–Kier alpha value is -4.15. The average molecular weight is 421 g/mol. The maximum absolute atomic E-state index is 11.9. The number of ether oxygens (including phenoxy) is 1. The predicted molar refractivity (Wildman–Crippen MR) is 127 cm³/mol. The highest BCUT2D eigenvalue weighted by molar-refractivity contribution is 5.90. The Kier molecular flexibility index (Phi) is 7.96. The van der Waals surface area contributed by atoms with E-state index in [1.165, 1.54) is 0 Å². The molecule has 0 spiro atoms. The van der Waals surface area contributed by atoms with Gasteiger partial charge in [-0.2, -0.15) is 10.5 Å². The van der Waals surface area contributed by atoms with Gasteiger partial charge in [-0.3, -0.25) is 4.79 Å². The molecule has 0 aliphatic rings. The average Bonchev–Trinajstić information content (AvgIpc) is 2.83. The van der Waals surface area contributed by atoms with Gasteiger partial charge in [0.2, 0.25) is 0 Å². The van der Waals surface area contributed by atoms with Gasteiger partial charge in [0, 0.05) is 12.0 Å². The molecule has 0 amide bonds. The molecule has 0 saturated heterocycles. The Morgan fingerprint density at radius 2 is 1.72 bits per heavy atom. The van der Waals surface area contributed by atoms with Crippen molar-refractivity contribution in [1.29, 1.82) is 10.5 Å². The third kappa shape index (κ3) is 5.31. The summed E-state index contributed by atoms with van der Waals surface area (Å²) in [5.74, 6) is 0.528. The van der Waals surface area contributed by atoms with Crippen molar-refractivity contribution in [2.24, 2.45) is 0 Å². The number of aryl methyl sites for hydroxylation is 1. The normalized spacial score (nSPS) is 10.5. The van der Waals surface area contributed by atoms with E-state index in [0.717, 1.165) is 46.9 Å². The van der Waals surface area contributed by atoms with Crippen molar-refractivity contribution in [3.8, 4) is 29.0 Å². The smallest absolute Gasteiger partial charge is 0.154 e. The van der Waals surface area contributed by atoms with Crippen molar-refractivity contribution < 1.29 is 9.53 Å². The molecule has 4 heteroatoms. The molecule has 0 heterocycles. The zero-order valence-corrected chi connectivity index (χ0v) is 18.0. The van der Waals surface area contributed by atoms with E-state index >= 15 is 0 Å². The molecular formula is C28H24N2O2. The molecule has 3 rings (SSSR count). The van der Waals surface area contributed by atoms with Crippen molar-refractivity contribution in [3.63, 3.8) is 0 Å². The predicted octanol–water partition coefficient (Wildman–Crippen LogP) is 6.59. The zero-order chi connectivity index (χ0) is 22.8. The van der Waals surface area contributed by atoms with E-state index in [2.05, 4.69) is 12.1 Å². The second kappa shape index (κ2) is 11.3. The molecule has 0 aliphatic carbocycles. The summed E-state index contributed by atoms with van der Waals surface area (Å²) < 4.78 is 5.82. The first-order valence-corrected chi connectivity index (χ1v) is 10.5. The van der Waals surface area contributed by atoms with Gasteiger partial charge < -0.3 is 4.74 Å². The molecule has 3 aromatic carbocycles. The van der Waals surface area contributed by atoms with Crippen molar-refractivity contribution in [2.75, 3.05) is 6.61 Å². The quantitative estimate of drug-likeness (QED) is 0.222.